The van der Waals surface area contributed by atoms with Crippen LogP contribution in [0.25, 0.3) is 0 Å². The molecule has 1 saturated heterocycles. The van der Waals surface area contributed by atoms with Crippen molar-refractivity contribution in [3.63, 3.8) is 0 Å². The van der Waals surface area contributed by atoms with Crippen molar-refractivity contribution in [1.82, 2.24) is 15.5 Å². The highest BCUT2D eigenvalue weighted by Crippen LogP contribution is 2.49. The number of methoxy groups -OCH3 is 2. The summed E-state index contributed by atoms with van der Waals surface area (Å²) in [6, 6.07) is 12.0. The van der Waals surface area contributed by atoms with Gasteiger partial charge in [-0.25, -0.2) is 0 Å². The molecule has 0 radical (unpaired) electrons. The summed E-state index contributed by atoms with van der Waals surface area (Å²) in [5.74, 6) is 0.848. The van der Waals surface area contributed by atoms with E-state index in [0.717, 1.165) is 11.3 Å². The van der Waals surface area contributed by atoms with Crippen molar-refractivity contribution in [3.05, 3.63) is 59.2 Å². The summed E-state index contributed by atoms with van der Waals surface area (Å²) >= 11 is 0. The van der Waals surface area contributed by atoms with Crippen molar-refractivity contribution in [2.45, 2.75) is 82.2 Å². The Morgan fingerprint density at radius 3 is 2.36 bits per heavy atom. The zero-order chi connectivity index (χ0) is 30.3. The quantitative estimate of drug-likeness (QED) is 0.401. The largest absolute Gasteiger partial charge is 0.487 e. The molecule has 3 N–H and O–H groups in total. The molecule has 2 aromatic rings. The van der Waals surface area contributed by atoms with Crippen LogP contribution in [-0.4, -0.2) is 66.8 Å². The molecule has 226 valence electrons. The summed E-state index contributed by atoms with van der Waals surface area (Å²) in [7, 11) is 3.13. The third kappa shape index (κ3) is 5.22. The minimum atomic E-state index is -1.12. The highest BCUT2D eigenvalue weighted by atomic mass is 16.6. The van der Waals surface area contributed by atoms with Crippen molar-refractivity contribution in [2.75, 3.05) is 27.4 Å². The van der Waals surface area contributed by atoms with E-state index in [0.29, 0.717) is 36.1 Å². The monoisotopic (exact) mass is 578 g/mol. The molecule has 3 heterocycles. The van der Waals surface area contributed by atoms with E-state index in [-0.39, 0.29) is 43.5 Å². The maximum absolute atomic E-state index is 13.8. The van der Waals surface area contributed by atoms with Gasteiger partial charge in [-0.2, -0.15) is 0 Å². The Kier molecular flexibility index (Phi) is 7.98. The second-order valence-corrected chi connectivity index (χ2v) is 12.2. The second kappa shape index (κ2) is 11.2. The van der Waals surface area contributed by atoms with Gasteiger partial charge in [0, 0.05) is 42.9 Å². The van der Waals surface area contributed by atoms with E-state index in [9.17, 15) is 9.59 Å². The number of nitrogens with zero attached hydrogens (tertiary/aromatic N) is 1. The Morgan fingerprint density at radius 1 is 1.05 bits per heavy atom. The Hall–Kier alpha value is -3.63. The Bertz CT molecular complexity index is 1340. The van der Waals surface area contributed by atoms with Gasteiger partial charge in [0.2, 0.25) is 5.91 Å². The predicted octanol–water partition coefficient (Wildman–Crippen LogP) is 4.50. The Balaban J connectivity index is 1.51. The van der Waals surface area contributed by atoms with Crippen LogP contribution in [0.1, 0.15) is 86.9 Å². The third-order valence-corrected chi connectivity index (χ3v) is 8.83. The number of fused-ring (bicyclic) bond motifs is 2. The molecular weight excluding hydrogens is 536 g/mol. The second-order valence-electron chi connectivity index (χ2n) is 12.2. The topological polar surface area (TPSA) is 122 Å². The van der Waals surface area contributed by atoms with Crippen LogP contribution in [0.5, 0.6) is 11.5 Å². The van der Waals surface area contributed by atoms with Crippen LogP contribution in [0.4, 0.5) is 0 Å². The first-order valence-electron chi connectivity index (χ1n) is 14.6. The van der Waals surface area contributed by atoms with E-state index < -0.39 is 22.8 Å². The molecule has 3 aliphatic rings. The van der Waals surface area contributed by atoms with Crippen LogP contribution < -0.4 is 20.1 Å². The van der Waals surface area contributed by atoms with Crippen LogP contribution in [0.15, 0.2) is 42.5 Å². The average molecular weight is 579 g/mol. The van der Waals surface area contributed by atoms with Crippen LogP contribution in [0.3, 0.4) is 0 Å². The molecule has 0 aromatic heterocycles. The van der Waals surface area contributed by atoms with Crippen molar-refractivity contribution in [3.8, 4) is 11.5 Å². The molecule has 10 heteroatoms. The van der Waals surface area contributed by atoms with Crippen LogP contribution in [0.2, 0.25) is 0 Å². The third-order valence-electron chi connectivity index (χ3n) is 8.83. The van der Waals surface area contributed by atoms with Gasteiger partial charge >= 0.3 is 0 Å². The van der Waals surface area contributed by atoms with Gasteiger partial charge in [-0.05, 0) is 51.0 Å². The number of rotatable bonds is 9. The van der Waals surface area contributed by atoms with Crippen LogP contribution >= 0.6 is 0 Å². The molecule has 5 rings (SSSR count). The minimum absolute atomic E-state index is 0.00359. The van der Waals surface area contributed by atoms with E-state index in [1.54, 1.807) is 32.4 Å². The summed E-state index contributed by atoms with van der Waals surface area (Å²) in [6.07, 6.45) is 2.27. The first-order valence-corrected chi connectivity index (χ1v) is 14.6. The SMILES string of the molecule is CCC1(CC)CC(=O)N(C2c3cc(C(=O)N[C@H]4CC(C)(C)Oc5ccccc54)ccc3OC2(COC)COC)C(=N)N1. The normalized spacial score (nSPS) is 23.2. The molecule has 0 aliphatic carbocycles. The highest BCUT2D eigenvalue weighted by molar-refractivity contribution is 6.00. The number of ether oxygens (including phenoxy) is 4. The fourth-order valence-electron chi connectivity index (χ4n) is 6.65. The van der Waals surface area contributed by atoms with Crippen molar-refractivity contribution in [2.24, 2.45) is 0 Å². The van der Waals surface area contributed by atoms with Gasteiger partial charge in [0.1, 0.15) is 23.1 Å². The van der Waals surface area contributed by atoms with Gasteiger partial charge in [0.05, 0.1) is 25.7 Å². The number of nitrogens with one attached hydrogen (secondary N) is 3. The average Bonchev–Trinajstić information content (AvgIpc) is 3.24. The number of hydrogen-bond donors (Lipinski definition) is 3. The maximum Gasteiger partial charge on any atom is 0.251 e. The van der Waals surface area contributed by atoms with Crippen molar-refractivity contribution < 1.29 is 28.5 Å². The zero-order valence-electron chi connectivity index (χ0n) is 25.3. The number of hydrogen-bond acceptors (Lipinski definition) is 7. The van der Waals surface area contributed by atoms with E-state index >= 15 is 0 Å². The van der Waals surface area contributed by atoms with Crippen LogP contribution in [0, 0.1) is 5.41 Å². The molecule has 0 saturated carbocycles. The Labute approximate surface area is 247 Å². The highest BCUT2D eigenvalue weighted by Gasteiger charge is 2.56. The van der Waals surface area contributed by atoms with E-state index in [1.807, 2.05) is 52.0 Å². The molecular formula is C32H42N4O6. The number of amides is 2. The van der Waals surface area contributed by atoms with Gasteiger partial charge in [0.25, 0.3) is 5.91 Å². The first-order chi connectivity index (χ1) is 20.0. The number of carbonyl (C=O) groups is 2. The van der Waals surface area contributed by atoms with Crippen molar-refractivity contribution >= 4 is 17.8 Å². The zero-order valence-corrected chi connectivity index (χ0v) is 25.3. The smallest absolute Gasteiger partial charge is 0.251 e. The lowest BCUT2D eigenvalue weighted by Crippen LogP contribution is -2.66. The van der Waals surface area contributed by atoms with E-state index in [1.165, 1.54) is 4.90 Å². The van der Waals surface area contributed by atoms with Gasteiger partial charge in [-0.3, -0.25) is 19.9 Å². The van der Waals surface area contributed by atoms with Gasteiger partial charge in [-0.15, -0.1) is 0 Å². The molecule has 2 atom stereocenters. The standard InChI is InChI=1S/C32H42N4O6/c1-7-31(8-2)17-26(37)36(29(33)35-31)27-22-15-20(13-14-25(22)42-32(27,18-39-5)19-40-6)28(38)34-23-16-30(3,4)41-24-12-10-9-11-21(23)24/h9-15,23,27H,7-8,16-19H2,1-6H3,(H2,33,35)(H,34,38)/t23-,27?/m0/s1. The fraction of sp³-hybridized carbons (Fsp3) is 0.531. The summed E-state index contributed by atoms with van der Waals surface area (Å²) in [4.78, 5) is 29.0. The molecule has 3 aliphatic heterocycles. The van der Waals surface area contributed by atoms with E-state index in [4.69, 9.17) is 24.4 Å². The lowest BCUT2D eigenvalue weighted by Gasteiger charge is -2.47. The van der Waals surface area contributed by atoms with E-state index in [2.05, 4.69) is 10.6 Å². The molecule has 0 spiro atoms. The van der Waals surface area contributed by atoms with Crippen molar-refractivity contribution in [1.29, 1.82) is 5.41 Å². The van der Waals surface area contributed by atoms with Gasteiger partial charge in [0.15, 0.2) is 11.6 Å². The van der Waals surface area contributed by atoms with Gasteiger partial charge < -0.3 is 29.6 Å². The summed E-state index contributed by atoms with van der Waals surface area (Å²) in [6.45, 7) is 8.27. The number of guanidine groups is 1. The molecule has 1 fully saturated rings. The summed E-state index contributed by atoms with van der Waals surface area (Å²) in [5, 5.41) is 15.5. The Morgan fingerprint density at radius 2 is 1.71 bits per heavy atom. The lowest BCUT2D eigenvalue weighted by molar-refractivity contribution is -0.141. The summed E-state index contributed by atoms with van der Waals surface area (Å²) in [5.41, 5.74) is -0.0574. The fourth-order valence-corrected chi connectivity index (χ4v) is 6.65. The minimum Gasteiger partial charge on any atom is -0.487 e. The molecule has 10 nitrogen and oxygen atoms in total. The molecule has 42 heavy (non-hydrogen) atoms. The lowest BCUT2D eigenvalue weighted by atomic mass is 9.84. The molecule has 0 bridgehead atoms. The number of benzene rings is 2. The molecule has 2 amide bonds. The molecule has 2 aromatic carbocycles. The van der Waals surface area contributed by atoms with Gasteiger partial charge in [-0.1, -0.05) is 32.0 Å². The molecule has 1 unspecified atom stereocenters. The number of para-hydroxylation sites is 1. The summed E-state index contributed by atoms with van der Waals surface area (Å²) < 4.78 is 23.8. The van der Waals surface area contributed by atoms with Crippen LogP contribution in [-0.2, 0) is 14.3 Å². The predicted molar refractivity (Wildman–Crippen MR) is 158 cm³/mol. The first kappa shape index (κ1) is 29.8. The number of carbonyl (C=O) groups excluding carboxylic acids is 2. The maximum atomic E-state index is 13.8.